The van der Waals surface area contributed by atoms with E-state index in [4.69, 9.17) is 4.42 Å². The number of nitrogens with zero attached hydrogens (tertiary/aromatic N) is 3. The van der Waals surface area contributed by atoms with Crippen molar-refractivity contribution in [3.05, 3.63) is 72.4 Å². The van der Waals surface area contributed by atoms with Crippen LogP contribution in [0.3, 0.4) is 0 Å². The van der Waals surface area contributed by atoms with E-state index in [1.165, 1.54) is 43.7 Å². The molecule has 1 N–H and O–H groups in total. The van der Waals surface area contributed by atoms with Crippen molar-refractivity contribution < 1.29 is 30.8 Å². The standard InChI is InChI=1S/C23H19F3N4O4S/c1-14(30-35(32,33)22-11-16-12-27-8-7-21(16)34-22)20(31)5-3-18-10-15(6-9-28-18)19-4-2-17(13-29-19)23(24,25)26/h2,4,6-14,30H,3,5H2,1H3/t14-/m0/s1. The van der Waals surface area contributed by atoms with E-state index in [2.05, 4.69) is 19.7 Å². The first-order valence-electron chi connectivity index (χ1n) is 10.4. The fourth-order valence-corrected chi connectivity index (χ4v) is 4.52. The minimum atomic E-state index is -4.48. The highest BCUT2D eigenvalue weighted by Crippen LogP contribution is 2.30. The molecule has 1 atom stereocenters. The lowest BCUT2D eigenvalue weighted by molar-refractivity contribution is -0.137. The zero-order valence-electron chi connectivity index (χ0n) is 18.3. The molecule has 12 heteroatoms. The largest absolute Gasteiger partial charge is 0.443 e. The van der Waals surface area contributed by atoms with Crippen LogP contribution in [0.15, 0.2) is 70.7 Å². The van der Waals surface area contributed by atoms with Gasteiger partial charge in [-0.2, -0.15) is 17.9 Å². The average molecular weight is 504 g/mol. The highest BCUT2D eigenvalue weighted by Gasteiger charge is 2.30. The van der Waals surface area contributed by atoms with Crippen molar-refractivity contribution in [1.29, 1.82) is 0 Å². The summed E-state index contributed by atoms with van der Waals surface area (Å²) in [5, 5.41) is 0.193. The van der Waals surface area contributed by atoms with Gasteiger partial charge in [-0.25, -0.2) is 8.42 Å². The normalized spacial score (nSPS) is 13.1. The lowest BCUT2D eigenvalue weighted by atomic mass is 10.1. The first kappa shape index (κ1) is 24.5. The molecule has 0 saturated carbocycles. The van der Waals surface area contributed by atoms with Crippen LogP contribution in [0, 0.1) is 0 Å². The summed E-state index contributed by atoms with van der Waals surface area (Å²) < 4.78 is 71.1. The van der Waals surface area contributed by atoms with Gasteiger partial charge in [-0.1, -0.05) is 0 Å². The van der Waals surface area contributed by atoms with Gasteiger partial charge in [-0.3, -0.25) is 19.7 Å². The zero-order chi connectivity index (χ0) is 25.2. The number of aryl methyl sites for hydroxylation is 1. The van der Waals surface area contributed by atoms with Crippen LogP contribution in [-0.2, 0) is 27.4 Å². The summed E-state index contributed by atoms with van der Waals surface area (Å²) in [4.78, 5) is 24.5. The number of ketones is 1. The Morgan fingerprint density at radius 3 is 2.57 bits per heavy atom. The molecule has 4 aromatic heterocycles. The monoisotopic (exact) mass is 504 g/mol. The van der Waals surface area contributed by atoms with Gasteiger partial charge in [0.2, 0.25) is 5.09 Å². The van der Waals surface area contributed by atoms with E-state index < -0.39 is 27.8 Å². The molecule has 0 saturated heterocycles. The molecule has 0 unspecified atom stereocenters. The van der Waals surface area contributed by atoms with Crippen molar-refractivity contribution in [2.45, 2.75) is 37.1 Å². The Balaban J connectivity index is 1.39. The molecule has 0 aliphatic carbocycles. The van der Waals surface area contributed by atoms with Crippen LogP contribution >= 0.6 is 0 Å². The predicted molar refractivity (Wildman–Crippen MR) is 120 cm³/mol. The van der Waals surface area contributed by atoms with E-state index in [1.807, 2.05) is 0 Å². The molecule has 35 heavy (non-hydrogen) atoms. The minimum Gasteiger partial charge on any atom is -0.443 e. The highest BCUT2D eigenvalue weighted by atomic mass is 32.2. The Kier molecular flexibility index (Phi) is 6.68. The van der Waals surface area contributed by atoms with E-state index in [0.717, 1.165) is 12.3 Å². The number of pyridine rings is 3. The molecule has 8 nitrogen and oxygen atoms in total. The van der Waals surface area contributed by atoms with Gasteiger partial charge in [0.05, 0.1) is 17.3 Å². The summed E-state index contributed by atoms with van der Waals surface area (Å²) in [7, 11) is -4.08. The van der Waals surface area contributed by atoms with Gasteiger partial charge in [0.15, 0.2) is 5.78 Å². The number of nitrogens with one attached hydrogen (secondary N) is 1. The molecule has 0 spiro atoms. The number of rotatable bonds is 8. The second-order valence-corrected chi connectivity index (χ2v) is 9.40. The number of aromatic nitrogens is 3. The van der Waals surface area contributed by atoms with Gasteiger partial charge in [-0.15, -0.1) is 0 Å². The number of carbonyl (C=O) groups is 1. The number of furan rings is 1. The summed E-state index contributed by atoms with van der Waals surface area (Å²) in [5.41, 5.74) is 0.890. The van der Waals surface area contributed by atoms with Gasteiger partial charge < -0.3 is 4.42 Å². The number of hydrogen-bond acceptors (Lipinski definition) is 7. The van der Waals surface area contributed by atoms with Crippen molar-refractivity contribution in [2.75, 3.05) is 0 Å². The molecule has 182 valence electrons. The molecule has 4 rings (SSSR count). The predicted octanol–water partition coefficient (Wildman–Crippen LogP) is 4.17. The van der Waals surface area contributed by atoms with Crippen molar-refractivity contribution in [3.63, 3.8) is 0 Å². The summed E-state index contributed by atoms with van der Waals surface area (Å²) in [6.45, 7) is 1.43. The maximum absolute atomic E-state index is 12.7. The Labute approximate surface area is 198 Å². The minimum absolute atomic E-state index is 0.00930. The van der Waals surface area contributed by atoms with Crippen LogP contribution in [0.5, 0.6) is 0 Å². The van der Waals surface area contributed by atoms with Gasteiger partial charge in [0, 0.05) is 53.9 Å². The SMILES string of the molecule is C[C@H](NS(=O)(=O)c1cc2cnccc2o1)C(=O)CCc1cc(-c2ccc(C(F)(F)F)cn2)ccn1. The first-order chi connectivity index (χ1) is 16.5. The Morgan fingerprint density at radius 1 is 1.09 bits per heavy atom. The lowest BCUT2D eigenvalue weighted by Crippen LogP contribution is -2.38. The second-order valence-electron chi connectivity index (χ2n) is 7.75. The summed E-state index contributed by atoms with van der Waals surface area (Å²) in [5.74, 6) is -0.369. The molecular weight excluding hydrogens is 485 g/mol. The zero-order valence-corrected chi connectivity index (χ0v) is 19.1. The van der Waals surface area contributed by atoms with E-state index in [9.17, 15) is 26.4 Å². The average Bonchev–Trinajstić information content (AvgIpc) is 3.27. The number of fused-ring (bicyclic) bond motifs is 1. The van der Waals surface area contributed by atoms with Crippen molar-refractivity contribution >= 4 is 26.8 Å². The van der Waals surface area contributed by atoms with Crippen molar-refractivity contribution in [1.82, 2.24) is 19.7 Å². The molecule has 0 amide bonds. The third-order valence-electron chi connectivity index (χ3n) is 5.20. The summed E-state index contributed by atoms with van der Waals surface area (Å²) >= 11 is 0. The number of carbonyl (C=O) groups excluding carboxylic acids is 1. The fraction of sp³-hybridized carbons (Fsp3) is 0.217. The molecule has 0 radical (unpaired) electrons. The van der Waals surface area contributed by atoms with Crippen molar-refractivity contribution in [2.24, 2.45) is 0 Å². The van der Waals surface area contributed by atoms with Crippen LogP contribution in [-0.4, -0.2) is 35.2 Å². The molecule has 4 heterocycles. The van der Waals surface area contributed by atoms with Crippen molar-refractivity contribution in [3.8, 4) is 11.3 Å². The highest BCUT2D eigenvalue weighted by molar-refractivity contribution is 7.89. The molecule has 0 bridgehead atoms. The first-order valence-corrected chi connectivity index (χ1v) is 11.9. The van der Waals surface area contributed by atoms with E-state index in [-0.39, 0.29) is 23.7 Å². The Bertz CT molecular complexity index is 1440. The fourth-order valence-electron chi connectivity index (χ4n) is 3.32. The molecule has 0 aliphatic rings. The third kappa shape index (κ3) is 5.72. The van der Waals surface area contributed by atoms with Crippen LogP contribution in [0.25, 0.3) is 22.2 Å². The quantitative estimate of drug-likeness (QED) is 0.383. The van der Waals surface area contributed by atoms with E-state index >= 15 is 0 Å². The van der Waals surface area contributed by atoms with Gasteiger partial charge in [0.25, 0.3) is 10.0 Å². The molecule has 4 aromatic rings. The summed E-state index contributed by atoms with van der Waals surface area (Å²) in [6.07, 6.45) is 0.879. The Morgan fingerprint density at radius 2 is 1.89 bits per heavy atom. The third-order valence-corrected chi connectivity index (χ3v) is 6.60. The lowest BCUT2D eigenvalue weighted by Gasteiger charge is -2.12. The van der Waals surface area contributed by atoms with Gasteiger partial charge in [0.1, 0.15) is 5.58 Å². The number of alkyl halides is 3. The van der Waals surface area contributed by atoms with Crippen LogP contribution in [0.1, 0.15) is 24.6 Å². The topological polar surface area (TPSA) is 115 Å². The molecule has 0 aliphatic heterocycles. The number of hydrogen-bond donors (Lipinski definition) is 1. The van der Waals surface area contributed by atoms with Crippen LogP contribution < -0.4 is 4.72 Å². The second kappa shape index (κ2) is 9.55. The number of Topliss-reactive ketones (excluding diaryl/α,β-unsaturated/α-hetero) is 1. The smallest absolute Gasteiger partial charge is 0.417 e. The molecule has 0 aromatic carbocycles. The van der Waals surface area contributed by atoms with Crippen LogP contribution in [0.2, 0.25) is 0 Å². The number of halogens is 3. The van der Waals surface area contributed by atoms with Gasteiger partial charge in [-0.05, 0) is 43.7 Å². The summed E-state index contributed by atoms with van der Waals surface area (Å²) in [6, 6.07) is 7.26. The van der Waals surface area contributed by atoms with E-state index in [1.54, 1.807) is 12.1 Å². The van der Waals surface area contributed by atoms with Gasteiger partial charge >= 0.3 is 6.18 Å². The molecular formula is C23H19F3N4O4S. The van der Waals surface area contributed by atoms with E-state index in [0.29, 0.717) is 27.9 Å². The number of sulfonamides is 1. The van der Waals surface area contributed by atoms with Crippen LogP contribution in [0.4, 0.5) is 13.2 Å². The molecule has 0 fully saturated rings. The maximum atomic E-state index is 12.7. The Hall–Kier alpha value is -3.64. The maximum Gasteiger partial charge on any atom is 0.417 e.